The molecule has 9 heteroatoms. The van der Waals surface area contributed by atoms with Crippen molar-refractivity contribution >= 4 is 15.7 Å². The van der Waals surface area contributed by atoms with Crippen LogP contribution in [0.5, 0.6) is 0 Å². The Bertz CT molecular complexity index is 672. The van der Waals surface area contributed by atoms with E-state index >= 15 is 0 Å². The lowest BCUT2D eigenvalue weighted by Crippen LogP contribution is -2.46. The zero-order valence-corrected chi connectivity index (χ0v) is 13.2. The maximum absolute atomic E-state index is 12.5. The molecule has 1 aromatic rings. The van der Waals surface area contributed by atoms with E-state index in [1.165, 1.54) is 0 Å². The van der Waals surface area contributed by atoms with E-state index < -0.39 is 20.2 Å². The molecule has 5 nitrogen and oxygen atoms in total. The molecular weight excluding hydrogens is 333 g/mol. The largest absolute Gasteiger partial charge is 0.501 e. The van der Waals surface area contributed by atoms with Crippen molar-refractivity contribution in [2.75, 3.05) is 20.1 Å². The third-order valence-electron chi connectivity index (χ3n) is 3.83. The Morgan fingerprint density at radius 1 is 1.26 bits per heavy atom. The fraction of sp³-hybridized carbons (Fsp3) is 0.500. The summed E-state index contributed by atoms with van der Waals surface area (Å²) >= 11 is 0. The number of hydrogen-bond acceptors (Lipinski definition) is 4. The number of nitrogens with zero attached hydrogens (tertiary/aromatic N) is 1. The van der Waals surface area contributed by atoms with E-state index in [1.807, 2.05) is 0 Å². The number of hydrogen-bond donors (Lipinski definition) is 1. The fourth-order valence-corrected chi connectivity index (χ4v) is 3.25. The summed E-state index contributed by atoms with van der Waals surface area (Å²) in [6.07, 6.45) is 1.78. The smallest absolute Gasteiger partial charge is 0.337 e. The van der Waals surface area contributed by atoms with Crippen molar-refractivity contribution in [2.24, 2.45) is 0 Å². The van der Waals surface area contributed by atoms with Crippen LogP contribution in [0.2, 0.25) is 0 Å². The van der Waals surface area contributed by atoms with Crippen LogP contribution in [0, 0.1) is 0 Å². The molecule has 0 unspecified atom stereocenters. The van der Waals surface area contributed by atoms with E-state index in [-0.39, 0.29) is 17.5 Å². The molecule has 0 aromatic heterocycles. The molecule has 0 bridgehead atoms. The SMILES string of the molecule is CN[C@@H]1CCCN(C(=O)c2ccc(S(=O)(=O)C(F)(F)F)cc2)C1. The van der Waals surface area contributed by atoms with Crippen LogP contribution in [0.15, 0.2) is 29.2 Å². The number of halogens is 3. The highest BCUT2D eigenvalue weighted by atomic mass is 32.2. The Kier molecular flexibility index (Phi) is 5.00. The Morgan fingerprint density at radius 2 is 1.87 bits per heavy atom. The highest BCUT2D eigenvalue weighted by molar-refractivity contribution is 7.92. The molecule has 0 spiro atoms. The van der Waals surface area contributed by atoms with Gasteiger partial charge in [0.15, 0.2) is 0 Å². The molecular formula is C14H17F3N2O3S. The summed E-state index contributed by atoms with van der Waals surface area (Å²) in [5.74, 6) is -0.319. The predicted octanol–water partition coefficient (Wildman–Crippen LogP) is 1.80. The molecule has 1 aliphatic heterocycles. The van der Waals surface area contributed by atoms with Gasteiger partial charge in [-0.2, -0.15) is 13.2 Å². The lowest BCUT2D eigenvalue weighted by molar-refractivity contribution is -0.0436. The molecule has 2 rings (SSSR count). The van der Waals surface area contributed by atoms with Gasteiger partial charge in [0.1, 0.15) is 0 Å². The number of likely N-dealkylation sites (tertiary alicyclic amines) is 1. The maximum atomic E-state index is 12.5. The molecule has 1 amide bonds. The van der Waals surface area contributed by atoms with Crippen molar-refractivity contribution in [2.45, 2.75) is 29.3 Å². The number of alkyl halides is 3. The zero-order chi connectivity index (χ0) is 17.3. The summed E-state index contributed by atoms with van der Waals surface area (Å²) in [6, 6.07) is 4.04. The number of carbonyl (C=O) groups excluding carboxylic acids is 1. The Labute approximate surface area is 132 Å². The third kappa shape index (κ3) is 3.66. The molecule has 1 aliphatic rings. The number of piperidine rings is 1. The lowest BCUT2D eigenvalue weighted by atomic mass is 10.0. The van der Waals surface area contributed by atoms with Gasteiger partial charge in [-0.1, -0.05) is 0 Å². The van der Waals surface area contributed by atoms with Gasteiger partial charge in [0.05, 0.1) is 4.90 Å². The van der Waals surface area contributed by atoms with Crippen LogP contribution in [0.1, 0.15) is 23.2 Å². The molecule has 1 saturated heterocycles. The summed E-state index contributed by atoms with van der Waals surface area (Å²) in [5.41, 5.74) is -5.19. The monoisotopic (exact) mass is 350 g/mol. The van der Waals surface area contributed by atoms with Crippen LogP contribution in [-0.2, 0) is 9.84 Å². The topological polar surface area (TPSA) is 66.5 Å². The molecule has 1 aromatic carbocycles. The number of amides is 1. The lowest BCUT2D eigenvalue weighted by Gasteiger charge is -2.32. The quantitative estimate of drug-likeness (QED) is 0.903. The minimum atomic E-state index is -5.39. The number of benzene rings is 1. The van der Waals surface area contributed by atoms with Gasteiger partial charge in [-0.3, -0.25) is 4.79 Å². The molecule has 1 N–H and O–H groups in total. The summed E-state index contributed by atoms with van der Waals surface area (Å²) in [7, 11) is -3.59. The van der Waals surface area contributed by atoms with Gasteiger partial charge in [0.25, 0.3) is 15.7 Å². The van der Waals surface area contributed by atoms with Crippen LogP contribution < -0.4 is 5.32 Å². The van der Waals surface area contributed by atoms with Gasteiger partial charge in [0.2, 0.25) is 0 Å². The highest BCUT2D eigenvalue weighted by Crippen LogP contribution is 2.30. The minimum absolute atomic E-state index is 0.169. The van der Waals surface area contributed by atoms with Crippen LogP contribution >= 0.6 is 0 Å². The van der Waals surface area contributed by atoms with Crippen LogP contribution in [0.25, 0.3) is 0 Å². The molecule has 1 heterocycles. The molecule has 1 atom stereocenters. The second kappa shape index (κ2) is 6.48. The van der Waals surface area contributed by atoms with Crippen LogP contribution in [0.3, 0.4) is 0 Å². The van der Waals surface area contributed by atoms with Gasteiger partial charge in [-0.05, 0) is 44.2 Å². The first-order valence-corrected chi connectivity index (χ1v) is 8.53. The second-order valence-electron chi connectivity index (χ2n) is 5.35. The fourth-order valence-electron chi connectivity index (χ4n) is 2.49. The first kappa shape index (κ1) is 17.7. The average molecular weight is 350 g/mol. The van der Waals surface area contributed by atoms with E-state index in [0.717, 1.165) is 37.1 Å². The van der Waals surface area contributed by atoms with Crippen molar-refractivity contribution in [1.82, 2.24) is 10.2 Å². The normalized spacial score (nSPS) is 19.7. The van der Waals surface area contributed by atoms with Crippen molar-refractivity contribution in [3.8, 4) is 0 Å². The number of sulfone groups is 1. The van der Waals surface area contributed by atoms with E-state index in [9.17, 15) is 26.4 Å². The van der Waals surface area contributed by atoms with Gasteiger partial charge < -0.3 is 10.2 Å². The zero-order valence-electron chi connectivity index (χ0n) is 12.4. The Morgan fingerprint density at radius 3 is 2.39 bits per heavy atom. The molecule has 0 aliphatic carbocycles. The third-order valence-corrected chi connectivity index (χ3v) is 5.34. The average Bonchev–Trinajstić information content (AvgIpc) is 2.53. The van der Waals surface area contributed by atoms with Crippen molar-refractivity contribution < 1.29 is 26.4 Å². The predicted molar refractivity (Wildman–Crippen MR) is 77.7 cm³/mol. The Hall–Kier alpha value is -1.61. The minimum Gasteiger partial charge on any atom is -0.337 e. The van der Waals surface area contributed by atoms with Crippen molar-refractivity contribution in [3.63, 3.8) is 0 Å². The summed E-state index contributed by atoms with van der Waals surface area (Å²) in [4.78, 5) is 13.1. The number of nitrogens with one attached hydrogen (secondary N) is 1. The first-order chi connectivity index (χ1) is 10.7. The van der Waals surface area contributed by atoms with Gasteiger partial charge in [-0.25, -0.2) is 8.42 Å². The van der Waals surface area contributed by atoms with E-state index in [2.05, 4.69) is 5.32 Å². The van der Waals surface area contributed by atoms with Gasteiger partial charge >= 0.3 is 5.51 Å². The van der Waals surface area contributed by atoms with E-state index in [4.69, 9.17) is 0 Å². The second-order valence-corrected chi connectivity index (χ2v) is 7.29. The highest BCUT2D eigenvalue weighted by Gasteiger charge is 2.46. The van der Waals surface area contributed by atoms with E-state index in [0.29, 0.717) is 13.1 Å². The van der Waals surface area contributed by atoms with Crippen LogP contribution in [0.4, 0.5) is 13.2 Å². The van der Waals surface area contributed by atoms with Crippen LogP contribution in [-0.4, -0.2) is 50.9 Å². The number of rotatable bonds is 3. The first-order valence-electron chi connectivity index (χ1n) is 7.05. The maximum Gasteiger partial charge on any atom is 0.501 e. The Balaban J connectivity index is 2.18. The van der Waals surface area contributed by atoms with Crippen molar-refractivity contribution in [1.29, 1.82) is 0 Å². The molecule has 23 heavy (non-hydrogen) atoms. The number of likely N-dealkylation sites (N-methyl/N-ethyl adjacent to an activating group) is 1. The van der Waals surface area contributed by atoms with Gasteiger partial charge in [0, 0.05) is 24.7 Å². The summed E-state index contributed by atoms with van der Waals surface area (Å²) in [6.45, 7) is 1.08. The molecule has 0 saturated carbocycles. The standard InChI is InChI=1S/C14H17F3N2O3S/c1-18-11-3-2-8-19(9-11)13(20)10-4-6-12(7-5-10)23(21,22)14(15,16)17/h4-7,11,18H,2-3,8-9H2,1H3/t11-/m1/s1. The molecule has 1 fully saturated rings. The van der Waals surface area contributed by atoms with Gasteiger partial charge in [-0.15, -0.1) is 0 Å². The molecule has 0 radical (unpaired) electrons. The van der Waals surface area contributed by atoms with Crippen molar-refractivity contribution in [3.05, 3.63) is 29.8 Å². The molecule has 128 valence electrons. The summed E-state index contributed by atoms with van der Waals surface area (Å²) in [5, 5.41) is 3.09. The summed E-state index contributed by atoms with van der Waals surface area (Å²) < 4.78 is 60.0. The van der Waals surface area contributed by atoms with E-state index in [1.54, 1.807) is 11.9 Å². The number of carbonyl (C=O) groups is 1.